The number of nitrogens with zero attached hydrogens (tertiary/aromatic N) is 1. The van der Waals surface area contributed by atoms with Crippen molar-refractivity contribution >= 4 is 22.4 Å². The van der Waals surface area contributed by atoms with Crippen LogP contribution in [0.25, 0.3) is 0 Å². The highest BCUT2D eigenvalue weighted by Crippen LogP contribution is 2.25. The molecule has 0 aromatic heterocycles. The van der Waals surface area contributed by atoms with Crippen LogP contribution in [-0.4, -0.2) is 46.0 Å². The molecular formula is C14H23ClN2O3S. The van der Waals surface area contributed by atoms with E-state index in [1.807, 2.05) is 14.0 Å². The van der Waals surface area contributed by atoms with Crippen LogP contribution in [-0.2, 0) is 10.0 Å². The predicted molar refractivity (Wildman–Crippen MR) is 85.8 cm³/mol. The molecule has 0 amide bonds. The second kappa shape index (κ2) is 7.45. The fourth-order valence-electron chi connectivity index (χ4n) is 2.56. The average molecular weight is 335 g/mol. The van der Waals surface area contributed by atoms with Gasteiger partial charge in [-0.05, 0) is 50.6 Å². The number of sulfonamides is 1. The van der Waals surface area contributed by atoms with E-state index in [1.54, 1.807) is 29.6 Å². The van der Waals surface area contributed by atoms with Crippen molar-refractivity contribution in [2.45, 2.75) is 30.7 Å². The lowest BCUT2D eigenvalue weighted by molar-refractivity contribution is 0.293. The van der Waals surface area contributed by atoms with E-state index in [-0.39, 0.29) is 18.4 Å². The molecule has 2 rings (SSSR count). The van der Waals surface area contributed by atoms with E-state index in [9.17, 15) is 8.42 Å². The van der Waals surface area contributed by atoms with Crippen LogP contribution < -0.4 is 10.1 Å². The van der Waals surface area contributed by atoms with Crippen LogP contribution in [0.5, 0.6) is 5.75 Å². The molecule has 0 spiro atoms. The highest BCUT2D eigenvalue weighted by molar-refractivity contribution is 7.89. The van der Waals surface area contributed by atoms with Crippen molar-refractivity contribution < 1.29 is 13.2 Å². The van der Waals surface area contributed by atoms with Crippen LogP contribution in [0.3, 0.4) is 0 Å². The Kier molecular flexibility index (Phi) is 6.46. The molecule has 5 nitrogen and oxygen atoms in total. The van der Waals surface area contributed by atoms with Gasteiger partial charge in [0.1, 0.15) is 5.75 Å². The van der Waals surface area contributed by atoms with Crippen LogP contribution in [0.2, 0.25) is 0 Å². The molecule has 7 heteroatoms. The van der Waals surface area contributed by atoms with E-state index in [0.29, 0.717) is 23.7 Å². The third kappa shape index (κ3) is 3.88. The number of hydrogen-bond donors (Lipinski definition) is 1. The van der Waals surface area contributed by atoms with Gasteiger partial charge in [-0.15, -0.1) is 12.4 Å². The Morgan fingerprint density at radius 2 is 2.10 bits per heavy atom. The number of piperidine rings is 1. The first kappa shape index (κ1) is 18.2. The molecule has 1 aromatic carbocycles. The molecule has 0 aliphatic carbocycles. The Balaban J connectivity index is 0.00000220. The molecule has 1 aromatic rings. The molecular weight excluding hydrogens is 312 g/mol. The SMILES string of the molecule is CNC1CCCN(S(=O)(=O)c2ccc(OC)c(C)c2)C1.Cl. The Labute approximate surface area is 133 Å². The highest BCUT2D eigenvalue weighted by Gasteiger charge is 2.29. The highest BCUT2D eigenvalue weighted by atomic mass is 35.5. The quantitative estimate of drug-likeness (QED) is 0.912. The molecule has 0 radical (unpaired) electrons. The summed E-state index contributed by atoms with van der Waals surface area (Å²) in [4.78, 5) is 0.340. The van der Waals surface area contributed by atoms with Gasteiger partial charge in [-0.1, -0.05) is 0 Å². The maximum atomic E-state index is 12.7. The summed E-state index contributed by atoms with van der Waals surface area (Å²) >= 11 is 0. The fraction of sp³-hybridized carbons (Fsp3) is 0.571. The number of hydrogen-bond acceptors (Lipinski definition) is 4. The van der Waals surface area contributed by atoms with Gasteiger partial charge in [0.25, 0.3) is 0 Å². The maximum absolute atomic E-state index is 12.7. The molecule has 1 unspecified atom stereocenters. The summed E-state index contributed by atoms with van der Waals surface area (Å²) in [6.45, 7) is 2.97. The number of methoxy groups -OCH3 is 1. The van der Waals surface area contributed by atoms with Crippen molar-refractivity contribution in [2.75, 3.05) is 27.2 Å². The lowest BCUT2D eigenvalue weighted by Crippen LogP contribution is -2.46. The van der Waals surface area contributed by atoms with Gasteiger partial charge in [0.05, 0.1) is 12.0 Å². The minimum absolute atomic E-state index is 0. The van der Waals surface area contributed by atoms with E-state index in [0.717, 1.165) is 18.4 Å². The number of nitrogens with one attached hydrogen (secondary N) is 1. The van der Waals surface area contributed by atoms with Crippen molar-refractivity contribution in [1.82, 2.24) is 9.62 Å². The predicted octanol–water partition coefficient (Wildman–Crippen LogP) is 1.80. The number of benzene rings is 1. The summed E-state index contributed by atoms with van der Waals surface area (Å²) in [7, 11) is 0.0406. The van der Waals surface area contributed by atoms with Gasteiger partial charge in [-0.3, -0.25) is 0 Å². The van der Waals surface area contributed by atoms with Crippen LogP contribution in [0.15, 0.2) is 23.1 Å². The minimum atomic E-state index is -3.41. The normalized spacial score (nSPS) is 19.9. The van der Waals surface area contributed by atoms with Gasteiger partial charge in [0, 0.05) is 19.1 Å². The number of ether oxygens (including phenoxy) is 1. The molecule has 120 valence electrons. The summed E-state index contributed by atoms with van der Waals surface area (Å²) in [5, 5.41) is 3.16. The fourth-order valence-corrected chi connectivity index (χ4v) is 4.17. The third-order valence-electron chi connectivity index (χ3n) is 3.80. The third-order valence-corrected chi connectivity index (χ3v) is 5.66. The standard InChI is InChI=1S/C14H22N2O3S.ClH/c1-11-9-13(6-7-14(11)19-3)20(17,18)16-8-4-5-12(10-16)15-2;/h6-7,9,12,15H,4-5,8,10H2,1-3H3;1H. The van der Waals surface area contributed by atoms with Gasteiger partial charge in [-0.25, -0.2) is 8.42 Å². The first-order chi connectivity index (χ1) is 9.48. The van der Waals surface area contributed by atoms with Crippen LogP contribution in [0, 0.1) is 6.92 Å². The van der Waals surface area contributed by atoms with Crippen LogP contribution >= 0.6 is 12.4 Å². The Hall–Kier alpha value is -0.820. The van der Waals surface area contributed by atoms with E-state index >= 15 is 0 Å². The molecule has 1 aliphatic heterocycles. The number of aryl methyl sites for hydroxylation is 1. The largest absolute Gasteiger partial charge is 0.496 e. The average Bonchev–Trinajstić information content (AvgIpc) is 2.47. The molecule has 1 saturated heterocycles. The molecule has 1 N–H and O–H groups in total. The summed E-state index contributed by atoms with van der Waals surface area (Å²) < 4.78 is 32.1. The second-order valence-electron chi connectivity index (χ2n) is 5.12. The maximum Gasteiger partial charge on any atom is 0.243 e. The molecule has 21 heavy (non-hydrogen) atoms. The lowest BCUT2D eigenvalue weighted by Gasteiger charge is -2.31. The van der Waals surface area contributed by atoms with E-state index in [1.165, 1.54) is 0 Å². The summed E-state index contributed by atoms with van der Waals surface area (Å²) in [5.41, 5.74) is 0.829. The number of rotatable bonds is 4. The topological polar surface area (TPSA) is 58.6 Å². The van der Waals surface area contributed by atoms with Gasteiger partial charge in [0.15, 0.2) is 0 Å². The minimum Gasteiger partial charge on any atom is -0.496 e. The summed E-state index contributed by atoms with van der Waals surface area (Å²) in [6.07, 6.45) is 1.91. The Bertz CT molecular complexity index is 578. The van der Waals surface area contributed by atoms with Gasteiger partial charge in [0.2, 0.25) is 10.0 Å². The summed E-state index contributed by atoms with van der Waals surface area (Å²) in [6, 6.07) is 5.24. The Morgan fingerprint density at radius 1 is 1.38 bits per heavy atom. The van der Waals surface area contributed by atoms with Crippen LogP contribution in [0.1, 0.15) is 18.4 Å². The van der Waals surface area contributed by atoms with Crippen molar-refractivity contribution in [1.29, 1.82) is 0 Å². The zero-order chi connectivity index (χ0) is 14.8. The van der Waals surface area contributed by atoms with Gasteiger partial charge < -0.3 is 10.1 Å². The second-order valence-corrected chi connectivity index (χ2v) is 7.06. The van der Waals surface area contributed by atoms with Crippen molar-refractivity contribution in [3.05, 3.63) is 23.8 Å². The molecule has 0 bridgehead atoms. The van der Waals surface area contributed by atoms with Crippen LogP contribution in [0.4, 0.5) is 0 Å². The Morgan fingerprint density at radius 3 is 2.67 bits per heavy atom. The smallest absolute Gasteiger partial charge is 0.243 e. The van der Waals surface area contributed by atoms with E-state index < -0.39 is 10.0 Å². The van der Waals surface area contributed by atoms with Crippen molar-refractivity contribution in [3.8, 4) is 5.75 Å². The van der Waals surface area contributed by atoms with E-state index in [2.05, 4.69) is 5.32 Å². The monoisotopic (exact) mass is 334 g/mol. The van der Waals surface area contributed by atoms with Crippen molar-refractivity contribution in [3.63, 3.8) is 0 Å². The first-order valence-corrected chi connectivity index (χ1v) is 8.25. The molecule has 1 aliphatic rings. The van der Waals surface area contributed by atoms with Crippen molar-refractivity contribution in [2.24, 2.45) is 0 Å². The zero-order valence-electron chi connectivity index (χ0n) is 12.6. The first-order valence-electron chi connectivity index (χ1n) is 6.81. The number of halogens is 1. The van der Waals surface area contributed by atoms with Gasteiger partial charge >= 0.3 is 0 Å². The van der Waals surface area contributed by atoms with E-state index in [4.69, 9.17) is 4.74 Å². The molecule has 0 saturated carbocycles. The molecule has 1 heterocycles. The van der Waals surface area contributed by atoms with Gasteiger partial charge in [-0.2, -0.15) is 4.31 Å². The lowest BCUT2D eigenvalue weighted by atomic mass is 10.1. The molecule has 1 fully saturated rings. The zero-order valence-corrected chi connectivity index (χ0v) is 14.3. The number of likely N-dealkylation sites (N-methyl/N-ethyl adjacent to an activating group) is 1. The molecule has 1 atom stereocenters. The summed E-state index contributed by atoms with van der Waals surface area (Å²) in [5.74, 6) is 0.704.